The van der Waals surface area contributed by atoms with Crippen molar-refractivity contribution in [2.75, 3.05) is 14.2 Å². The number of H-pyrrole nitrogens is 1. The second-order valence-corrected chi connectivity index (χ2v) is 2.96. The van der Waals surface area contributed by atoms with Gasteiger partial charge in [-0.15, -0.1) is 0 Å². The van der Waals surface area contributed by atoms with Crippen LogP contribution in [0.3, 0.4) is 0 Å². The van der Waals surface area contributed by atoms with Crippen molar-refractivity contribution in [3.05, 3.63) is 23.0 Å². The molecule has 0 aliphatic rings. The van der Waals surface area contributed by atoms with Crippen molar-refractivity contribution < 1.29 is 9.63 Å². The number of hydroxylamine groups is 2. The Morgan fingerprint density at radius 2 is 2.15 bits per heavy atom. The lowest BCUT2D eigenvalue weighted by Gasteiger charge is -2.13. The molecule has 1 aromatic rings. The lowest BCUT2D eigenvalue weighted by atomic mass is 10.1. The van der Waals surface area contributed by atoms with Crippen molar-refractivity contribution in [3.63, 3.8) is 0 Å². The van der Waals surface area contributed by atoms with E-state index in [1.165, 1.54) is 12.2 Å². The molecule has 1 rings (SSSR count). The maximum Gasteiger partial charge on any atom is 0.279 e. The van der Waals surface area contributed by atoms with Crippen molar-refractivity contribution in [3.8, 4) is 0 Å². The van der Waals surface area contributed by atoms with Gasteiger partial charge in [-0.25, -0.2) is 5.06 Å². The largest absolute Gasteiger partial charge is 0.364 e. The highest BCUT2D eigenvalue weighted by atomic mass is 16.7. The third kappa shape index (κ3) is 1.72. The van der Waals surface area contributed by atoms with E-state index in [0.717, 1.165) is 11.3 Å². The molecule has 13 heavy (non-hydrogen) atoms. The highest BCUT2D eigenvalue weighted by Gasteiger charge is 2.17. The summed E-state index contributed by atoms with van der Waals surface area (Å²) in [6, 6.07) is 0. The lowest BCUT2D eigenvalue weighted by Crippen LogP contribution is -2.26. The summed E-state index contributed by atoms with van der Waals surface area (Å²) in [4.78, 5) is 19.5. The first kappa shape index (κ1) is 9.80. The predicted octanol–water partition coefficient (Wildman–Crippen LogP) is 1.26. The fraction of sp³-hybridized carbons (Fsp3) is 0.444. The zero-order valence-corrected chi connectivity index (χ0v) is 8.34. The van der Waals surface area contributed by atoms with E-state index in [4.69, 9.17) is 4.84 Å². The highest BCUT2D eigenvalue weighted by Crippen LogP contribution is 2.13. The van der Waals surface area contributed by atoms with Gasteiger partial charge in [-0.3, -0.25) is 9.63 Å². The third-order valence-electron chi connectivity index (χ3n) is 2.05. The topological polar surface area (TPSA) is 45.3 Å². The Morgan fingerprint density at radius 1 is 1.54 bits per heavy atom. The number of hydrogen-bond donors (Lipinski definition) is 1. The van der Waals surface area contributed by atoms with Crippen molar-refractivity contribution in [1.29, 1.82) is 0 Å². The highest BCUT2D eigenvalue weighted by molar-refractivity contribution is 5.96. The molecule has 0 bridgehead atoms. The number of carbonyl (C=O) groups excluding carboxylic acids is 1. The van der Waals surface area contributed by atoms with Gasteiger partial charge in [0.1, 0.15) is 0 Å². The van der Waals surface area contributed by atoms with Crippen molar-refractivity contribution in [2.24, 2.45) is 0 Å². The molecule has 4 heteroatoms. The molecule has 1 amide bonds. The van der Waals surface area contributed by atoms with Gasteiger partial charge in [0.05, 0.1) is 12.7 Å². The summed E-state index contributed by atoms with van der Waals surface area (Å²) in [7, 11) is 3.06. The number of nitrogens with one attached hydrogen (secondary N) is 1. The molecule has 0 aromatic carbocycles. The average molecular weight is 182 g/mol. The summed E-state index contributed by atoms with van der Waals surface area (Å²) in [6.07, 6.45) is 1.81. The normalized spacial score (nSPS) is 10.2. The minimum absolute atomic E-state index is 0.126. The molecular weight excluding hydrogens is 168 g/mol. The van der Waals surface area contributed by atoms with Crippen molar-refractivity contribution >= 4 is 5.91 Å². The number of aryl methyl sites for hydroxylation is 2. The Labute approximate surface area is 77.5 Å². The van der Waals surface area contributed by atoms with Gasteiger partial charge in [0, 0.05) is 18.9 Å². The Morgan fingerprint density at radius 3 is 2.54 bits per heavy atom. The van der Waals surface area contributed by atoms with Gasteiger partial charge in [0.25, 0.3) is 5.91 Å². The summed E-state index contributed by atoms with van der Waals surface area (Å²) in [5.41, 5.74) is 2.49. The van der Waals surface area contributed by atoms with E-state index in [-0.39, 0.29) is 5.91 Å². The van der Waals surface area contributed by atoms with Gasteiger partial charge in [0.15, 0.2) is 0 Å². The fourth-order valence-corrected chi connectivity index (χ4v) is 1.23. The van der Waals surface area contributed by atoms with Crippen LogP contribution in [0.25, 0.3) is 0 Å². The monoisotopic (exact) mass is 182 g/mol. The summed E-state index contributed by atoms with van der Waals surface area (Å²) < 4.78 is 0. The van der Waals surface area contributed by atoms with Crippen LogP contribution in [0.5, 0.6) is 0 Å². The molecule has 0 fully saturated rings. The Kier molecular flexibility index (Phi) is 2.72. The molecule has 0 radical (unpaired) electrons. The molecule has 72 valence electrons. The van der Waals surface area contributed by atoms with Crippen LogP contribution in [0.2, 0.25) is 0 Å². The van der Waals surface area contributed by atoms with Crippen LogP contribution >= 0.6 is 0 Å². The van der Waals surface area contributed by atoms with E-state index in [2.05, 4.69) is 4.98 Å². The number of carbonyl (C=O) groups is 1. The molecule has 0 aliphatic carbocycles. The number of rotatable bonds is 2. The van der Waals surface area contributed by atoms with E-state index in [1.54, 1.807) is 7.05 Å². The summed E-state index contributed by atoms with van der Waals surface area (Å²) >= 11 is 0. The summed E-state index contributed by atoms with van der Waals surface area (Å²) in [5.74, 6) is -0.126. The van der Waals surface area contributed by atoms with Crippen molar-refractivity contribution in [1.82, 2.24) is 10.0 Å². The molecule has 0 aliphatic heterocycles. The minimum Gasteiger partial charge on any atom is -0.364 e. The van der Waals surface area contributed by atoms with Gasteiger partial charge >= 0.3 is 0 Å². The SMILES string of the molecule is CON(C)C(=O)c1c(C)c[nH]c1C. The summed E-state index contributed by atoms with van der Waals surface area (Å²) in [6.45, 7) is 3.75. The maximum absolute atomic E-state index is 11.7. The van der Waals surface area contributed by atoms with Crippen LogP contribution < -0.4 is 0 Å². The summed E-state index contributed by atoms with van der Waals surface area (Å²) in [5, 5.41) is 1.21. The lowest BCUT2D eigenvalue weighted by molar-refractivity contribution is -0.0757. The fourth-order valence-electron chi connectivity index (χ4n) is 1.23. The number of hydrogen-bond acceptors (Lipinski definition) is 2. The van der Waals surface area contributed by atoms with Crippen molar-refractivity contribution in [2.45, 2.75) is 13.8 Å². The van der Waals surface area contributed by atoms with Crippen LogP contribution in [0.15, 0.2) is 6.20 Å². The molecule has 0 saturated heterocycles. The number of nitrogens with zero attached hydrogens (tertiary/aromatic N) is 1. The minimum atomic E-state index is -0.126. The Hall–Kier alpha value is -1.29. The van der Waals surface area contributed by atoms with Crippen LogP contribution in [0.1, 0.15) is 21.6 Å². The maximum atomic E-state index is 11.7. The van der Waals surface area contributed by atoms with Gasteiger partial charge < -0.3 is 4.98 Å². The molecule has 1 heterocycles. The smallest absolute Gasteiger partial charge is 0.279 e. The van der Waals surface area contributed by atoms with Crippen LogP contribution in [-0.2, 0) is 4.84 Å². The predicted molar refractivity (Wildman–Crippen MR) is 49.4 cm³/mol. The van der Waals surface area contributed by atoms with E-state index < -0.39 is 0 Å². The third-order valence-corrected chi connectivity index (χ3v) is 2.05. The molecule has 0 atom stereocenters. The first-order valence-corrected chi connectivity index (χ1v) is 4.04. The first-order chi connectivity index (χ1) is 6.07. The van der Waals surface area contributed by atoms with Gasteiger partial charge in [-0.05, 0) is 19.4 Å². The zero-order chi connectivity index (χ0) is 10.0. The number of aromatic nitrogens is 1. The van der Waals surface area contributed by atoms with E-state index >= 15 is 0 Å². The molecule has 1 aromatic heterocycles. The van der Waals surface area contributed by atoms with Crippen LogP contribution in [0.4, 0.5) is 0 Å². The molecule has 1 N–H and O–H groups in total. The van der Waals surface area contributed by atoms with E-state index in [1.807, 2.05) is 20.0 Å². The van der Waals surface area contributed by atoms with Gasteiger partial charge in [-0.1, -0.05) is 0 Å². The molecular formula is C9H14N2O2. The van der Waals surface area contributed by atoms with Crippen LogP contribution in [0, 0.1) is 13.8 Å². The van der Waals surface area contributed by atoms with E-state index in [0.29, 0.717) is 5.56 Å². The molecule has 0 spiro atoms. The average Bonchev–Trinajstić information content (AvgIpc) is 2.44. The van der Waals surface area contributed by atoms with Gasteiger partial charge in [-0.2, -0.15) is 0 Å². The van der Waals surface area contributed by atoms with Gasteiger partial charge in [0.2, 0.25) is 0 Å². The standard InChI is InChI=1S/C9H14N2O2/c1-6-5-10-7(2)8(6)9(12)11(3)13-4/h5,10H,1-4H3. The Bertz CT molecular complexity index is 298. The van der Waals surface area contributed by atoms with Crippen LogP contribution in [-0.4, -0.2) is 30.1 Å². The second kappa shape index (κ2) is 3.62. The molecule has 0 saturated carbocycles. The zero-order valence-electron chi connectivity index (χ0n) is 8.34. The van der Waals surface area contributed by atoms with E-state index in [9.17, 15) is 4.79 Å². The molecule has 4 nitrogen and oxygen atoms in total. The number of amides is 1. The number of aromatic amines is 1. The first-order valence-electron chi connectivity index (χ1n) is 4.04. The molecule has 0 unspecified atom stereocenters. The second-order valence-electron chi connectivity index (χ2n) is 2.96. The quantitative estimate of drug-likeness (QED) is 0.700. The Balaban J connectivity index is 3.01.